The summed E-state index contributed by atoms with van der Waals surface area (Å²) < 4.78 is 90.0. The molecule has 3 rings (SSSR count). The topological polar surface area (TPSA) is 107 Å². The Labute approximate surface area is 204 Å². The number of nitrogens with zero attached hydrogens (tertiary/aromatic N) is 2. The molecule has 1 amide bonds. The van der Waals surface area contributed by atoms with Gasteiger partial charge in [-0.3, -0.25) is 4.79 Å². The maximum atomic E-state index is 13.7. The van der Waals surface area contributed by atoms with Crippen molar-refractivity contribution < 1.29 is 40.2 Å². The van der Waals surface area contributed by atoms with Gasteiger partial charge in [0.15, 0.2) is 11.5 Å². The van der Waals surface area contributed by atoms with E-state index in [-0.39, 0.29) is 35.5 Å². The maximum Gasteiger partial charge on any atom is 0.433 e. The first-order chi connectivity index (χ1) is 16.9. The van der Waals surface area contributed by atoms with Crippen LogP contribution >= 0.6 is 0 Å². The number of para-hydroxylation sites is 1. The number of alkyl halides is 3. The molecule has 0 radical (unpaired) electrons. The number of hydrogen-bond donors (Lipinski definition) is 1. The van der Waals surface area contributed by atoms with Gasteiger partial charge in [0.2, 0.25) is 20.9 Å². The first-order valence-corrected chi connectivity index (χ1v) is 12.1. The zero-order valence-corrected chi connectivity index (χ0v) is 19.9. The third-order valence-corrected chi connectivity index (χ3v) is 6.48. The normalized spacial score (nSPS) is 11.7. The Balaban J connectivity index is 1.84. The number of sulfone groups is 1. The number of methoxy groups -OCH3 is 2. The smallest absolute Gasteiger partial charge is 0.433 e. The van der Waals surface area contributed by atoms with Crippen LogP contribution in [0.4, 0.5) is 23.2 Å². The summed E-state index contributed by atoms with van der Waals surface area (Å²) in [7, 11) is -1.70. The van der Waals surface area contributed by atoms with Crippen LogP contribution in [0.2, 0.25) is 0 Å². The number of aromatic nitrogens is 2. The van der Waals surface area contributed by atoms with E-state index < -0.39 is 44.3 Å². The molecule has 0 spiro atoms. The van der Waals surface area contributed by atoms with E-state index in [1.54, 1.807) is 0 Å². The van der Waals surface area contributed by atoms with E-state index in [9.17, 15) is 30.8 Å². The number of carbonyl (C=O) groups is 1. The fourth-order valence-electron chi connectivity index (χ4n) is 3.14. The maximum absolute atomic E-state index is 13.7. The highest BCUT2D eigenvalue weighted by molar-refractivity contribution is 7.91. The number of benzene rings is 2. The fraction of sp³-hybridized carbons (Fsp3) is 0.261. The van der Waals surface area contributed by atoms with Gasteiger partial charge in [-0.2, -0.15) is 13.2 Å². The summed E-state index contributed by atoms with van der Waals surface area (Å²) in [6, 6.07) is 10.2. The molecule has 0 saturated carbocycles. The van der Waals surface area contributed by atoms with Crippen molar-refractivity contribution >= 4 is 21.4 Å². The summed E-state index contributed by atoms with van der Waals surface area (Å²) in [5.41, 5.74) is -1.68. The van der Waals surface area contributed by atoms with Gasteiger partial charge in [-0.1, -0.05) is 12.1 Å². The van der Waals surface area contributed by atoms with Gasteiger partial charge in [-0.05, 0) is 42.8 Å². The van der Waals surface area contributed by atoms with Crippen LogP contribution in [-0.4, -0.2) is 44.3 Å². The number of ether oxygens (including phenoxy) is 2. The Morgan fingerprint density at radius 3 is 2.33 bits per heavy atom. The summed E-state index contributed by atoms with van der Waals surface area (Å²) in [5.74, 6) is -1.52. The van der Waals surface area contributed by atoms with E-state index in [2.05, 4.69) is 15.3 Å². The van der Waals surface area contributed by atoms with Crippen molar-refractivity contribution in [3.8, 4) is 22.8 Å². The van der Waals surface area contributed by atoms with Crippen molar-refractivity contribution in [1.82, 2.24) is 9.97 Å². The van der Waals surface area contributed by atoms with Crippen molar-refractivity contribution in [3.63, 3.8) is 0 Å². The quantitative estimate of drug-likeness (QED) is 0.322. The minimum atomic E-state index is -4.95. The van der Waals surface area contributed by atoms with Crippen LogP contribution in [0.1, 0.15) is 18.5 Å². The lowest BCUT2D eigenvalue weighted by Gasteiger charge is -2.13. The van der Waals surface area contributed by atoms with Crippen LogP contribution in [0, 0.1) is 5.82 Å². The lowest BCUT2D eigenvalue weighted by atomic mass is 10.1. The predicted octanol–water partition coefficient (Wildman–Crippen LogP) is 4.51. The van der Waals surface area contributed by atoms with E-state index in [1.807, 2.05) is 0 Å². The van der Waals surface area contributed by atoms with Crippen molar-refractivity contribution in [2.75, 3.05) is 25.3 Å². The van der Waals surface area contributed by atoms with Gasteiger partial charge in [0.25, 0.3) is 0 Å². The van der Waals surface area contributed by atoms with Crippen LogP contribution < -0.4 is 14.8 Å². The molecule has 0 aliphatic heterocycles. The zero-order chi connectivity index (χ0) is 26.5. The number of halogens is 4. The monoisotopic (exact) mass is 527 g/mol. The third kappa shape index (κ3) is 6.47. The molecule has 0 unspecified atom stereocenters. The van der Waals surface area contributed by atoms with Crippen molar-refractivity contribution in [3.05, 3.63) is 60.0 Å². The van der Waals surface area contributed by atoms with Gasteiger partial charge in [0, 0.05) is 12.0 Å². The lowest BCUT2D eigenvalue weighted by molar-refractivity contribution is -0.141. The molecule has 0 bridgehead atoms. The Morgan fingerprint density at radius 2 is 1.69 bits per heavy atom. The molecule has 0 fully saturated rings. The molecular weight excluding hydrogens is 506 g/mol. The Kier molecular flexibility index (Phi) is 8.13. The van der Waals surface area contributed by atoms with Crippen LogP contribution in [0.15, 0.2) is 53.7 Å². The Bertz CT molecular complexity index is 1360. The molecule has 1 N–H and O–H groups in total. The molecule has 0 atom stereocenters. The van der Waals surface area contributed by atoms with Gasteiger partial charge in [0.1, 0.15) is 11.5 Å². The molecule has 1 heterocycles. The lowest BCUT2D eigenvalue weighted by Crippen LogP contribution is -2.18. The van der Waals surface area contributed by atoms with E-state index in [0.29, 0.717) is 11.8 Å². The first-order valence-electron chi connectivity index (χ1n) is 10.4. The van der Waals surface area contributed by atoms with Gasteiger partial charge in [-0.15, -0.1) is 0 Å². The number of carbonyl (C=O) groups excluding carboxylic acids is 1. The molecule has 8 nitrogen and oxygen atoms in total. The minimum Gasteiger partial charge on any atom is -0.493 e. The molecule has 36 heavy (non-hydrogen) atoms. The van der Waals surface area contributed by atoms with Gasteiger partial charge in [-0.25, -0.2) is 22.8 Å². The van der Waals surface area contributed by atoms with Crippen LogP contribution in [-0.2, 0) is 20.8 Å². The van der Waals surface area contributed by atoms with Gasteiger partial charge in [0.05, 0.1) is 31.4 Å². The zero-order valence-electron chi connectivity index (χ0n) is 19.1. The molecular formula is C23H21F4N3O5S. The summed E-state index contributed by atoms with van der Waals surface area (Å²) >= 11 is 0. The van der Waals surface area contributed by atoms with Crippen molar-refractivity contribution in [1.29, 1.82) is 0 Å². The van der Waals surface area contributed by atoms with Crippen LogP contribution in [0.25, 0.3) is 11.3 Å². The largest absolute Gasteiger partial charge is 0.493 e. The van der Waals surface area contributed by atoms with E-state index in [1.165, 1.54) is 50.6 Å². The van der Waals surface area contributed by atoms with Gasteiger partial charge >= 0.3 is 6.18 Å². The minimum absolute atomic E-state index is 0.0777. The van der Waals surface area contributed by atoms with E-state index >= 15 is 0 Å². The van der Waals surface area contributed by atoms with Crippen molar-refractivity contribution in [2.45, 2.75) is 24.2 Å². The molecule has 13 heteroatoms. The highest BCUT2D eigenvalue weighted by Gasteiger charge is 2.35. The molecule has 0 saturated heterocycles. The van der Waals surface area contributed by atoms with E-state index in [4.69, 9.17) is 9.47 Å². The SMILES string of the molecule is COc1ccc(-c2cc(C(F)(F)F)nc(S(=O)(=O)CCCC(=O)Nc3ccccc3F)n2)cc1OC. The molecule has 2 aromatic carbocycles. The second-order valence-electron chi connectivity index (χ2n) is 7.44. The third-order valence-electron chi connectivity index (χ3n) is 4.92. The summed E-state index contributed by atoms with van der Waals surface area (Å²) in [4.78, 5) is 19.1. The average molecular weight is 527 g/mol. The van der Waals surface area contributed by atoms with Gasteiger partial charge < -0.3 is 14.8 Å². The second-order valence-corrected chi connectivity index (χ2v) is 9.44. The standard InChI is InChI=1S/C23H21F4N3O5S/c1-34-18-10-9-14(12-19(18)35-2)17-13-20(23(25,26)27)30-22(29-17)36(32,33)11-5-8-21(31)28-16-7-4-3-6-15(16)24/h3-4,6-7,9-10,12-13H,5,8,11H2,1-2H3,(H,28,31). The summed E-state index contributed by atoms with van der Waals surface area (Å²) in [6.45, 7) is 0. The molecule has 0 aliphatic carbocycles. The molecule has 192 valence electrons. The summed E-state index contributed by atoms with van der Waals surface area (Å²) in [6.07, 6.45) is -5.53. The number of rotatable bonds is 9. The second kappa shape index (κ2) is 10.9. The number of nitrogens with one attached hydrogen (secondary N) is 1. The van der Waals surface area contributed by atoms with E-state index in [0.717, 1.165) is 6.07 Å². The first kappa shape index (κ1) is 26.9. The average Bonchev–Trinajstić information content (AvgIpc) is 2.84. The fourth-order valence-corrected chi connectivity index (χ4v) is 4.32. The number of amides is 1. The van der Waals surface area contributed by atoms with Crippen LogP contribution in [0.5, 0.6) is 11.5 Å². The Hall–Kier alpha value is -3.74. The molecule has 0 aliphatic rings. The van der Waals surface area contributed by atoms with Crippen molar-refractivity contribution in [2.24, 2.45) is 0 Å². The number of anilines is 1. The number of hydrogen-bond acceptors (Lipinski definition) is 7. The van der Waals surface area contributed by atoms with Crippen LogP contribution in [0.3, 0.4) is 0 Å². The molecule has 3 aromatic rings. The molecule has 1 aromatic heterocycles. The highest BCUT2D eigenvalue weighted by atomic mass is 32.2. The Morgan fingerprint density at radius 1 is 1.00 bits per heavy atom. The highest BCUT2D eigenvalue weighted by Crippen LogP contribution is 2.35. The predicted molar refractivity (Wildman–Crippen MR) is 122 cm³/mol. The summed E-state index contributed by atoms with van der Waals surface area (Å²) in [5, 5.41) is 1.27.